The van der Waals surface area contributed by atoms with Gasteiger partial charge in [-0.1, -0.05) is 104 Å². The van der Waals surface area contributed by atoms with Crippen molar-refractivity contribution in [2.75, 3.05) is 17.4 Å². The van der Waals surface area contributed by atoms with Gasteiger partial charge in [-0.05, 0) is 66.3 Å². The third-order valence-electron chi connectivity index (χ3n) is 7.61. The summed E-state index contributed by atoms with van der Waals surface area (Å²) in [4.78, 5) is 30.0. The van der Waals surface area contributed by atoms with Crippen molar-refractivity contribution in [2.24, 2.45) is 5.92 Å². The summed E-state index contributed by atoms with van der Waals surface area (Å²) in [5.41, 5.74) is 3.72. The number of amides is 2. The Morgan fingerprint density at radius 3 is 2.07 bits per heavy atom. The fourth-order valence-electron chi connectivity index (χ4n) is 4.93. The molecular weight excluding hydrogens is 606 g/mol. The van der Waals surface area contributed by atoms with Crippen LogP contribution in [0.3, 0.4) is 0 Å². The van der Waals surface area contributed by atoms with Gasteiger partial charge in [-0.2, -0.15) is 0 Å². The van der Waals surface area contributed by atoms with Crippen LogP contribution < -0.4 is 9.62 Å². The predicted octanol–water partition coefficient (Wildman–Crippen LogP) is 6.56. The van der Waals surface area contributed by atoms with Gasteiger partial charge in [-0.3, -0.25) is 13.9 Å². The van der Waals surface area contributed by atoms with Gasteiger partial charge in [0.2, 0.25) is 11.8 Å². The first-order valence-corrected chi connectivity index (χ1v) is 16.8. The Kier molecular flexibility index (Phi) is 11.4. The summed E-state index contributed by atoms with van der Waals surface area (Å²) < 4.78 is 29.3. The molecule has 0 aliphatic carbocycles. The van der Waals surface area contributed by atoms with Gasteiger partial charge in [0, 0.05) is 24.5 Å². The molecule has 45 heavy (non-hydrogen) atoms. The third kappa shape index (κ3) is 8.74. The zero-order chi connectivity index (χ0) is 32.6. The Hall–Kier alpha value is -4.14. The number of hydrogen-bond acceptors (Lipinski definition) is 4. The summed E-state index contributed by atoms with van der Waals surface area (Å²) in [5.74, 6) is -0.620. The van der Waals surface area contributed by atoms with Crippen molar-refractivity contribution in [3.63, 3.8) is 0 Å². The van der Waals surface area contributed by atoms with E-state index in [1.165, 1.54) is 17.0 Å². The number of aryl methyl sites for hydroxylation is 2. The summed E-state index contributed by atoms with van der Waals surface area (Å²) in [7, 11) is -4.19. The molecular formula is C36H40ClN3O4S. The Morgan fingerprint density at radius 2 is 1.44 bits per heavy atom. The second kappa shape index (κ2) is 15.2. The van der Waals surface area contributed by atoms with Gasteiger partial charge in [0.15, 0.2) is 0 Å². The highest BCUT2D eigenvalue weighted by molar-refractivity contribution is 7.92. The Balaban J connectivity index is 1.82. The molecule has 0 aliphatic rings. The van der Waals surface area contributed by atoms with Crippen molar-refractivity contribution >= 4 is 39.1 Å². The van der Waals surface area contributed by atoms with E-state index in [1.54, 1.807) is 36.4 Å². The lowest BCUT2D eigenvalue weighted by atomic mass is 10.0. The van der Waals surface area contributed by atoms with E-state index in [4.69, 9.17) is 11.6 Å². The molecule has 0 heterocycles. The average Bonchev–Trinajstić information content (AvgIpc) is 3.03. The van der Waals surface area contributed by atoms with Gasteiger partial charge in [0.1, 0.15) is 12.6 Å². The normalized spacial score (nSPS) is 12.0. The minimum atomic E-state index is -4.19. The first kappa shape index (κ1) is 33.7. The van der Waals surface area contributed by atoms with Crippen molar-refractivity contribution in [1.82, 2.24) is 10.2 Å². The molecule has 0 bridgehead atoms. The number of benzene rings is 4. The Labute approximate surface area is 271 Å². The second-order valence-electron chi connectivity index (χ2n) is 11.6. The highest BCUT2D eigenvalue weighted by Gasteiger charge is 2.35. The molecule has 0 saturated carbocycles. The SMILES string of the molecule is Cc1ccc(N(CC(=O)N(Cc2ccccc2C)C(Cc2ccccc2)C(=O)NCC(C)C)S(=O)(=O)c2ccccc2)cc1Cl. The number of rotatable bonds is 13. The van der Waals surface area contributed by atoms with E-state index in [1.807, 2.05) is 82.3 Å². The lowest BCUT2D eigenvalue weighted by Crippen LogP contribution is -2.53. The summed E-state index contributed by atoms with van der Waals surface area (Å²) >= 11 is 6.45. The van der Waals surface area contributed by atoms with Crippen molar-refractivity contribution in [3.8, 4) is 0 Å². The van der Waals surface area contributed by atoms with Crippen LogP contribution in [0.25, 0.3) is 0 Å². The molecule has 1 unspecified atom stereocenters. The summed E-state index contributed by atoms with van der Waals surface area (Å²) in [6, 6.07) is 29.2. The van der Waals surface area contributed by atoms with Gasteiger partial charge in [-0.15, -0.1) is 0 Å². The van der Waals surface area contributed by atoms with Crippen LogP contribution in [0.1, 0.15) is 36.1 Å². The van der Waals surface area contributed by atoms with E-state index in [0.717, 1.165) is 26.6 Å². The fourth-order valence-corrected chi connectivity index (χ4v) is 6.53. The van der Waals surface area contributed by atoms with Crippen LogP contribution in [-0.2, 0) is 32.6 Å². The van der Waals surface area contributed by atoms with Crippen LogP contribution in [-0.4, -0.2) is 44.3 Å². The Morgan fingerprint density at radius 1 is 0.822 bits per heavy atom. The van der Waals surface area contributed by atoms with Crippen LogP contribution in [0, 0.1) is 19.8 Å². The molecule has 0 fully saturated rings. The van der Waals surface area contributed by atoms with Crippen LogP contribution in [0.4, 0.5) is 5.69 Å². The zero-order valence-corrected chi connectivity index (χ0v) is 27.7. The first-order chi connectivity index (χ1) is 21.5. The average molecular weight is 646 g/mol. The highest BCUT2D eigenvalue weighted by Crippen LogP contribution is 2.29. The molecule has 0 aliphatic heterocycles. The topological polar surface area (TPSA) is 86.8 Å². The van der Waals surface area contributed by atoms with Crippen LogP contribution in [0.2, 0.25) is 5.02 Å². The monoisotopic (exact) mass is 645 g/mol. The van der Waals surface area contributed by atoms with E-state index in [2.05, 4.69) is 5.32 Å². The summed E-state index contributed by atoms with van der Waals surface area (Å²) in [6.07, 6.45) is 0.254. The highest BCUT2D eigenvalue weighted by atomic mass is 35.5. The zero-order valence-electron chi connectivity index (χ0n) is 26.1. The number of hydrogen-bond donors (Lipinski definition) is 1. The molecule has 0 radical (unpaired) electrons. The third-order valence-corrected chi connectivity index (χ3v) is 9.81. The maximum absolute atomic E-state index is 14.6. The quantitative estimate of drug-likeness (QED) is 0.178. The van der Waals surface area contributed by atoms with Crippen LogP contribution in [0.15, 0.2) is 108 Å². The molecule has 1 N–H and O–H groups in total. The van der Waals surface area contributed by atoms with Crippen LogP contribution in [0.5, 0.6) is 0 Å². The van der Waals surface area contributed by atoms with Gasteiger partial charge < -0.3 is 10.2 Å². The minimum Gasteiger partial charge on any atom is -0.354 e. The second-order valence-corrected chi connectivity index (χ2v) is 13.8. The summed E-state index contributed by atoms with van der Waals surface area (Å²) in [5, 5.41) is 3.39. The molecule has 9 heteroatoms. The molecule has 2 amide bonds. The molecule has 1 atom stereocenters. The molecule has 236 valence electrons. The molecule has 4 aromatic rings. The standard InChI is InChI=1S/C36H40ClN3O4S/c1-26(2)23-38-36(42)34(21-29-14-7-5-8-15-29)39(24-30-16-12-11-13-27(30)3)35(41)25-40(31-20-19-28(4)33(37)22-31)45(43,44)32-17-9-6-10-18-32/h5-20,22,26,34H,21,23-25H2,1-4H3,(H,38,42). The number of halogens is 1. The van der Waals surface area contributed by atoms with E-state index in [9.17, 15) is 18.0 Å². The van der Waals surface area contributed by atoms with Gasteiger partial charge in [-0.25, -0.2) is 8.42 Å². The van der Waals surface area contributed by atoms with E-state index in [0.29, 0.717) is 11.6 Å². The fraction of sp³-hybridized carbons (Fsp3) is 0.278. The van der Waals surface area contributed by atoms with E-state index < -0.39 is 28.5 Å². The van der Waals surface area contributed by atoms with Gasteiger partial charge in [0.05, 0.1) is 10.6 Å². The van der Waals surface area contributed by atoms with Crippen molar-refractivity contribution in [1.29, 1.82) is 0 Å². The number of anilines is 1. The van der Waals surface area contributed by atoms with Crippen molar-refractivity contribution in [2.45, 2.75) is 51.6 Å². The number of sulfonamides is 1. The molecule has 0 saturated heterocycles. The van der Waals surface area contributed by atoms with Gasteiger partial charge in [0.25, 0.3) is 10.0 Å². The molecule has 4 rings (SSSR count). The number of carbonyl (C=O) groups is 2. The molecule has 0 aromatic heterocycles. The maximum atomic E-state index is 14.6. The van der Waals surface area contributed by atoms with Crippen molar-refractivity contribution in [3.05, 3.63) is 130 Å². The van der Waals surface area contributed by atoms with E-state index in [-0.39, 0.29) is 35.4 Å². The molecule has 0 spiro atoms. The summed E-state index contributed by atoms with van der Waals surface area (Å²) in [6.45, 7) is 7.79. The molecule has 4 aromatic carbocycles. The number of nitrogens with zero attached hydrogens (tertiary/aromatic N) is 2. The van der Waals surface area contributed by atoms with Crippen LogP contribution >= 0.6 is 11.6 Å². The van der Waals surface area contributed by atoms with Gasteiger partial charge >= 0.3 is 0 Å². The first-order valence-electron chi connectivity index (χ1n) is 15.0. The maximum Gasteiger partial charge on any atom is 0.264 e. The lowest BCUT2D eigenvalue weighted by molar-refractivity contribution is -0.140. The van der Waals surface area contributed by atoms with Crippen molar-refractivity contribution < 1.29 is 18.0 Å². The number of carbonyl (C=O) groups excluding carboxylic acids is 2. The molecule has 7 nitrogen and oxygen atoms in total. The minimum absolute atomic E-state index is 0.0375. The lowest BCUT2D eigenvalue weighted by Gasteiger charge is -2.34. The largest absolute Gasteiger partial charge is 0.354 e. The van der Waals surface area contributed by atoms with E-state index >= 15 is 0 Å². The smallest absolute Gasteiger partial charge is 0.264 e. The Bertz CT molecular complexity index is 1710. The number of nitrogens with one attached hydrogen (secondary N) is 1. The predicted molar refractivity (Wildman–Crippen MR) is 181 cm³/mol.